The fraction of sp³-hybridized carbons (Fsp3) is 0.889. The molecule has 2 rings (SSSR count). The molecule has 0 unspecified atom stereocenters. The molecular weight excluding hydrogens is 292 g/mol. The van der Waals surface area contributed by atoms with Crippen molar-refractivity contribution >= 4 is 11.8 Å². The van der Waals surface area contributed by atoms with E-state index in [9.17, 15) is 14.7 Å². The van der Waals surface area contributed by atoms with Crippen LogP contribution >= 0.6 is 0 Å². The Morgan fingerprint density at radius 1 is 1.17 bits per heavy atom. The monoisotopic (exact) mass is 324 g/mol. The summed E-state index contributed by atoms with van der Waals surface area (Å²) in [5.74, 6) is 0.343. The molecule has 0 radical (unpaired) electrons. The molecule has 132 valence electrons. The van der Waals surface area contributed by atoms with Gasteiger partial charge in [0, 0.05) is 32.1 Å². The predicted molar refractivity (Wildman–Crippen MR) is 89.9 cm³/mol. The Morgan fingerprint density at radius 3 is 2.26 bits per heavy atom. The van der Waals surface area contributed by atoms with E-state index < -0.39 is 5.60 Å². The normalized spacial score (nSPS) is 20.4. The molecule has 5 nitrogen and oxygen atoms in total. The maximum Gasteiger partial charge on any atom is 0.225 e. The van der Waals surface area contributed by atoms with Crippen molar-refractivity contribution in [2.45, 2.75) is 83.3 Å². The Kier molecular flexibility index (Phi) is 6.45. The number of aliphatic hydroxyl groups is 1. The largest absolute Gasteiger partial charge is 0.389 e. The molecule has 0 aromatic carbocycles. The van der Waals surface area contributed by atoms with E-state index in [1.165, 1.54) is 0 Å². The summed E-state index contributed by atoms with van der Waals surface area (Å²) in [6.45, 7) is 6.39. The van der Waals surface area contributed by atoms with Crippen molar-refractivity contribution in [2.24, 2.45) is 0 Å². The van der Waals surface area contributed by atoms with Crippen LogP contribution in [0.25, 0.3) is 0 Å². The molecule has 1 N–H and O–H groups in total. The Bertz CT molecular complexity index is 410. The first-order valence-electron chi connectivity index (χ1n) is 9.28. The Morgan fingerprint density at radius 2 is 1.78 bits per heavy atom. The molecule has 0 aromatic rings. The molecule has 5 heteroatoms. The minimum Gasteiger partial charge on any atom is -0.389 e. The van der Waals surface area contributed by atoms with Crippen molar-refractivity contribution < 1.29 is 14.7 Å². The second-order valence-corrected chi connectivity index (χ2v) is 7.20. The van der Waals surface area contributed by atoms with Gasteiger partial charge < -0.3 is 14.9 Å². The zero-order valence-electron chi connectivity index (χ0n) is 14.7. The van der Waals surface area contributed by atoms with Gasteiger partial charge in [-0.05, 0) is 32.1 Å². The smallest absolute Gasteiger partial charge is 0.225 e. The number of hydrogen-bond donors (Lipinski definition) is 1. The minimum atomic E-state index is -0.845. The summed E-state index contributed by atoms with van der Waals surface area (Å²) in [5, 5.41) is 10.7. The van der Waals surface area contributed by atoms with Crippen molar-refractivity contribution in [3.8, 4) is 0 Å². The van der Waals surface area contributed by atoms with E-state index in [0.29, 0.717) is 38.4 Å². The van der Waals surface area contributed by atoms with E-state index in [1.807, 2.05) is 23.6 Å². The van der Waals surface area contributed by atoms with Gasteiger partial charge in [-0.2, -0.15) is 0 Å². The number of piperidine rings is 1. The van der Waals surface area contributed by atoms with Crippen LogP contribution in [0, 0.1) is 0 Å². The Hall–Kier alpha value is -1.10. The van der Waals surface area contributed by atoms with Crippen LogP contribution in [-0.2, 0) is 9.59 Å². The highest BCUT2D eigenvalue weighted by Gasteiger charge is 2.34. The molecule has 2 saturated heterocycles. The first kappa shape index (κ1) is 18.2. The Labute approximate surface area is 140 Å². The van der Waals surface area contributed by atoms with Gasteiger partial charge in [0.15, 0.2) is 0 Å². The van der Waals surface area contributed by atoms with Crippen LogP contribution in [0.3, 0.4) is 0 Å². The van der Waals surface area contributed by atoms with Gasteiger partial charge in [-0.3, -0.25) is 9.59 Å². The van der Waals surface area contributed by atoms with E-state index in [-0.39, 0.29) is 18.2 Å². The molecule has 2 amide bonds. The van der Waals surface area contributed by atoms with Crippen molar-refractivity contribution in [3.63, 3.8) is 0 Å². The van der Waals surface area contributed by atoms with Crippen LogP contribution in [-0.4, -0.2) is 58.0 Å². The van der Waals surface area contributed by atoms with Gasteiger partial charge in [0.2, 0.25) is 11.8 Å². The van der Waals surface area contributed by atoms with Crippen LogP contribution < -0.4 is 0 Å². The quantitative estimate of drug-likeness (QED) is 0.782. The molecule has 0 spiro atoms. The average Bonchev–Trinajstić information content (AvgIpc) is 2.94. The number of hydrogen-bond acceptors (Lipinski definition) is 3. The van der Waals surface area contributed by atoms with E-state index >= 15 is 0 Å². The lowest BCUT2D eigenvalue weighted by molar-refractivity contribution is -0.139. The predicted octanol–water partition coefficient (Wildman–Crippen LogP) is 2.32. The number of nitrogens with zero attached hydrogens (tertiary/aromatic N) is 2. The van der Waals surface area contributed by atoms with Crippen LogP contribution in [0.5, 0.6) is 0 Å². The highest BCUT2D eigenvalue weighted by Crippen LogP contribution is 2.27. The second kappa shape index (κ2) is 8.13. The molecule has 0 bridgehead atoms. The summed E-state index contributed by atoms with van der Waals surface area (Å²) >= 11 is 0. The fourth-order valence-electron chi connectivity index (χ4n) is 4.11. The number of amides is 2. The summed E-state index contributed by atoms with van der Waals surface area (Å²) in [4.78, 5) is 28.3. The van der Waals surface area contributed by atoms with Gasteiger partial charge in [-0.1, -0.05) is 26.7 Å². The summed E-state index contributed by atoms with van der Waals surface area (Å²) in [6, 6.07) is 0.305. The van der Waals surface area contributed by atoms with E-state index in [0.717, 1.165) is 38.6 Å². The third-order valence-corrected chi connectivity index (χ3v) is 5.28. The number of carbonyl (C=O) groups excluding carboxylic acids is 2. The minimum absolute atomic E-state index is 0.0700. The topological polar surface area (TPSA) is 60.9 Å². The molecule has 0 atom stereocenters. The summed E-state index contributed by atoms with van der Waals surface area (Å²) in [7, 11) is 0. The standard InChI is InChI=1S/C18H32N2O3/c1-3-9-18(23,10-4-2)14-17(22)19-12-7-15(8-13-19)20-11-5-6-16(20)21/h15,23H,3-14H2,1-2H3. The summed E-state index contributed by atoms with van der Waals surface area (Å²) in [6.07, 6.45) is 6.79. The van der Waals surface area contributed by atoms with Gasteiger partial charge >= 0.3 is 0 Å². The maximum atomic E-state index is 12.5. The average molecular weight is 324 g/mol. The lowest BCUT2D eigenvalue weighted by Gasteiger charge is -2.38. The Balaban J connectivity index is 1.84. The van der Waals surface area contributed by atoms with Gasteiger partial charge in [0.25, 0.3) is 0 Å². The van der Waals surface area contributed by atoms with Gasteiger partial charge in [0.1, 0.15) is 0 Å². The highest BCUT2D eigenvalue weighted by atomic mass is 16.3. The fourth-order valence-corrected chi connectivity index (χ4v) is 4.11. The molecule has 2 heterocycles. The zero-order valence-corrected chi connectivity index (χ0v) is 14.7. The first-order valence-corrected chi connectivity index (χ1v) is 9.28. The van der Waals surface area contributed by atoms with Crippen LogP contribution in [0.2, 0.25) is 0 Å². The third kappa shape index (κ3) is 4.69. The van der Waals surface area contributed by atoms with E-state index in [1.54, 1.807) is 0 Å². The van der Waals surface area contributed by atoms with E-state index in [4.69, 9.17) is 0 Å². The third-order valence-electron chi connectivity index (χ3n) is 5.28. The summed E-state index contributed by atoms with van der Waals surface area (Å²) < 4.78 is 0. The molecule has 23 heavy (non-hydrogen) atoms. The molecule has 2 fully saturated rings. The number of likely N-dealkylation sites (tertiary alicyclic amines) is 2. The molecule has 0 aliphatic carbocycles. The molecule has 0 saturated carbocycles. The van der Waals surface area contributed by atoms with Crippen molar-refractivity contribution in [2.75, 3.05) is 19.6 Å². The molecule has 2 aliphatic rings. The zero-order chi connectivity index (χ0) is 16.9. The van der Waals surface area contributed by atoms with Gasteiger partial charge in [0.05, 0.1) is 12.0 Å². The maximum absolute atomic E-state index is 12.5. The van der Waals surface area contributed by atoms with Crippen molar-refractivity contribution in [1.82, 2.24) is 9.80 Å². The van der Waals surface area contributed by atoms with Crippen LogP contribution in [0.1, 0.15) is 71.6 Å². The molecule has 2 aliphatic heterocycles. The highest BCUT2D eigenvalue weighted by molar-refractivity contribution is 5.79. The summed E-state index contributed by atoms with van der Waals surface area (Å²) in [5.41, 5.74) is -0.845. The van der Waals surface area contributed by atoms with Gasteiger partial charge in [-0.25, -0.2) is 0 Å². The second-order valence-electron chi connectivity index (χ2n) is 7.20. The van der Waals surface area contributed by atoms with Crippen molar-refractivity contribution in [3.05, 3.63) is 0 Å². The molecule has 0 aromatic heterocycles. The first-order chi connectivity index (χ1) is 11.0. The lowest BCUT2D eigenvalue weighted by atomic mass is 9.88. The van der Waals surface area contributed by atoms with E-state index in [2.05, 4.69) is 0 Å². The van der Waals surface area contributed by atoms with Crippen LogP contribution in [0.15, 0.2) is 0 Å². The van der Waals surface area contributed by atoms with Gasteiger partial charge in [-0.15, -0.1) is 0 Å². The number of rotatable bonds is 7. The molecular formula is C18H32N2O3. The van der Waals surface area contributed by atoms with Crippen molar-refractivity contribution in [1.29, 1.82) is 0 Å². The lowest BCUT2D eigenvalue weighted by Crippen LogP contribution is -2.48. The van der Waals surface area contributed by atoms with Crippen LogP contribution in [0.4, 0.5) is 0 Å². The number of carbonyl (C=O) groups is 2. The SMILES string of the molecule is CCCC(O)(CCC)CC(=O)N1CCC(N2CCCC2=O)CC1.